The van der Waals surface area contributed by atoms with Gasteiger partial charge in [-0.1, -0.05) is 25.1 Å². The normalized spacial score (nSPS) is 16.1. The number of para-hydroxylation sites is 1. The molecular weight excluding hydrogens is 254 g/mol. The molecule has 1 aromatic rings. The predicted octanol–water partition coefficient (Wildman–Crippen LogP) is 2.64. The first-order valence-electron chi connectivity index (χ1n) is 7.31. The van der Waals surface area contributed by atoms with Gasteiger partial charge in [-0.05, 0) is 31.4 Å². The van der Waals surface area contributed by atoms with Crippen molar-refractivity contribution in [2.24, 2.45) is 5.92 Å². The molecule has 1 aliphatic rings. The number of ether oxygens (including phenoxy) is 1. The van der Waals surface area contributed by atoms with Crippen molar-refractivity contribution in [3.05, 3.63) is 30.3 Å². The molecule has 1 fully saturated rings. The summed E-state index contributed by atoms with van der Waals surface area (Å²) in [5.74, 6) is -0.119. The van der Waals surface area contributed by atoms with Crippen LogP contribution in [-0.2, 0) is 4.79 Å². The Hall–Kier alpha value is -1.55. The van der Waals surface area contributed by atoms with Crippen LogP contribution in [0.5, 0.6) is 5.75 Å². The summed E-state index contributed by atoms with van der Waals surface area (Å²) in [6, 6.07) is 10.4. The molecular formula is C16H23NO3. The molecule has 110 valence electrons. The Morgan fingerprint density at radius 3 is 2.70 bits per heavy atom. The van der Waals surface area contributed by atoms with Gasteiger partial charge in [0.1, 0.15) is 5.75 Å². The minimum Gasteiger partial charge on any atom is -0.494 e. The molecule has 0 aliphatic heterocycles. The molecule has 1 aliphatic carbocycles. The van der Waals surface area contributed by atoms with Crippen LogP contribution >= 0.6 is 0 Å². The average molecular weight is 277 g/mol. The fourth-order valence-electron chi connectivity index (χ4n) is 2.27. The highest BCUT2D eigenvalue weighted by Crippen LogP contribution is 2.27. The van der Waals surface area contributed by atoms with Crippen LogP contribution in [0, 0.1) is 5.92 Å². The van der Waals surface area contributed by atoms with Crippen molar-refractivity contribution < 1.29 is 14.6 Å². The smallest absolute Gasteiger partial charge is 0.307 e. The quantitative estimate of drug-likeness (QED) is 0.705. The largest absolute Gasteiger partial charge is 0.494 e. The molecule has 0 bridgehead atoms. The van der Waals surface area contributed by atoms with E-state index in [9.17, 15) is 4.79 Å². The summed E-state index contributed by atoms with van der Waals surface area (Å²) in [5, 5.41) is 9.00. The molecule has 1 saturated carbocycles. The third kappa shape index (κ3) is 4.85. The standard InChI is InChI=1S/C16H23NO3/c1-13(16(18)19)12-17(14-8-9-14)10-5-11-20-15-6-3-2-4-7-15/h2-4,6-7,13-14H,5,8-12H2,1H3,(H,18,19). The first-order valence-corrected chi connectivity index (χ1v) is 7.31. The number of nitrogens with zero attached hydrogens (tertiary/aromatic N) is 1. The van der Waals surface area contributed by atoms with Gasteiger partial charge in [-0.15, -0.1) is 0 Å². The third-order valence-electron chi connectivity index (χ3n) is 3.59. The molecule has 4 heteroatoms. The third-order valence-corrected chi connectivity index (χ3v) is 3.59. The number of aliphatic carboxylic acids is 1. The monoisotopic (exact) mass is 277 g/mol. The average Bonchev–Trinajstić information content (AvgIpc) is 3.27. The Morgan fingerprint density at radius 2 is 2.10 bits per heavy atom. The second kappa shape index (κ2) is 7.29. The lowest BCUT2D eigenvalue weighted by atomic mass is 10.1. The van der Waals surface area contributed by atoms with Gasteiger partial charge in [0.25, 0.3) is 0 Å². The van der Waals surface area contributed by atoms with Crippen LogP contribution < -0.4 is 4.74 Å². The van der Waals surface area contributed by atoms with Crippen molar-refractivity contribution in [3.63, 3.8) is 0 Å². The van der Waals surface area contributed by atoms with Gasteiger partial charge in [0.05, 0.1) is 12.5 Å². The Kier molecular flexibility index (Phi) is 5.41. The molecule has 0 radical (unpaired) electrons. The Balaban J connectivity index is 1.69. The maximum absolute atomic E-state index is 10.9. The highest BCUT2D eigenvalue weighted by Gasteiger charge is 2.30. The summed E-state index contributed by atoms with van der Waals surface area (Å²) in [6.45, 7) is 4.01. The number of hydrogen-bond acceptors (Lipinski definition) is 3. The van der Waals surface area contributed by atoms with Crippen LogP contribution in [0.3, 0.4) is 0 Å². The fraction of sp³-hybridized carbons (Fsp3) is 0.562. The van der Waals surface area contributed by atoms with Gasteiger partial charge >= 0.3 is 5.97 Å². The van der Waals surface area contributed by atoms with Crippen molar-refractivity contribution in [1.29, 1.82) is 0 Å². The van der Waals surface area contributed by atoms with Crippen molar-refractivity contribution in [2.45, 2.75) is 32.2 Å². The van der Waals surface area contributed by atoms with E-state index >= 15 is 0 Å². The molecule has 1 atom stereocenters. The molecule has 1 N–H and O–H groups in total. The fourth-order valence-corrected chi connectivity index (χ4v) is 2.27. The maximum Gasteiger partial charge on any atom is 0.307 e. The number of carbonyl (C=O) groups is 1. The van der Waals surface area contributed by atoms with E-state index in [2.05, 4.69) is 4.90 Å². The second-order valence-electron chi connectivity index (χ2n) is 5.48. The number of carboxylic acids is 1. The predicted molar refractivity (Wildman–Crippen MR) is 77.9 cm³/mol. The van der Waals surface area contributed by atoms with Gasteiger partial charge in [0.2, 0.25) is 0 Å². The van der Waals surface area contributed by atoms with E-state index in [1.54, 1.807) is 6.92 Å². The first kappa shape index (κ1) is 14.9. The van der Waals surface area contributed by atoms with Crippen molar-refractivity contribution >= 4 is 5.97 Å². The molecule has 0 amide bonds. The zero-order chi connectivity index (χ0) is 14.4. The van der Waals surface area contributed by atoms with E-state index in [0.29, 0.717) is 19.2 Å². The molecule has 1 aromatic carbocycles. The lowest BCUT2D eigenvalue weighted by molar-refractivity contribution is -0.141. The Labute approximate surface area is 120 Å². The van der Waals surface area contributed by atoms with Crippen LogP contribution in [-0.4, -0.2) is 41.7 Å². The molecule has 0 heterocycles. The zero-order valence-corrected chi connectivity index (χ0v) is 12.0. The minimum atomic E-state index is -0.712. The highest BCUT2D eigenvalue weighted by molar-refractivity contribution is 5.69. The number of hydrogen-bond donors (Lipinski definition) is 1. The van der Waals surface area contributed by atoms with E-state index < -0.39 is 5.97 Å². The SMILES string of the molecule is CC(CN(CCCOc1ccccc1)C1CC1)C(=O)O. The molecule has 4 nitrogen and oxygen atoms in total. The van der Waals surface area contributed by atoms with Crippen LogP contribution in [0.4, 0.5) is 0 Å². The van der Waals surface area contributed by atoms with Gasteiger partial charge < -0.3 is 9.84 Å². The van der Waals surface area contributed by atoms with Gasteiger partial charge in [-0.2, -0.15) is 0 Å². The highest BCUT2D eigenvalue weighted by atomic mass is 16.5. The number of benzene rings is 1. The summed E-state index contributed by atoms with van der Waals surface area (Å²) < 4.78 is 5.67. The van der Waals surface area contributed by atoms with E-state index in [4.69, 9.17) is 9.84 Å². The van der Waals surface area contributed by atoms with E-state index in [1.165, 1.54) is 12.8 Å². The molecule has 0 saturated heterocycles. The van der Waals surface area contributed by atoms with Crippen molar-refractivity contribution in [1.82, 2.24) is 4.90 Å². The summed E-state index contributed by atoms with van der Waals surface area (Å²) in [7, 11) is 0. The van der Waals surface area contributed by atoms with E-state index in [-0.39, 0.29) is 5.92 Å². The molecule has 2 rings (SSSR count). The molecule has 0 aromatic heterocycles. The summed E-state index contributed by atoms with van der Waals surface area (Å²) in [5.41, 5.74) is 0. The van der Waals surface area contributed by atoms with Crippen molar-refractivity contribution in [2.75, 3.05) is 19.7 Å². The number of rotatable bonds is 9. The van der Waals surface area contributed by atoms with Crippen LogP contribution in [0.15, 0.2) is 30.3 Å². The summed E-state index contributed by atoms with van der Waals surface area (Å²) in [6.07, 6.45) is 3.33. The first-order chi connectivity index (χ1) is 9.66. The van der Waals surface area contributed by atoms with E-state index in [0.717, 1.165) is 18.7 Å². The van der Waals surface area contributed by atoms with Crippen LogP contribution in [0.25, 0.3) is 0 Å². The number of carboxylic acid groups (broad SMARTS) is 1. The Morgan fingerprint density at radius 1 is 1.40 bits per heavy atom. The minimum absolute atomic E-state index is 0.300. The lowest BCUT2D eigenvalue weighted by Gasteiger charge is -2.23. The zero-order valence-electron chi connectivity index (χ0n) is 12.0. The van der Waals surface area contributed by atoms with Gasteiger partial charge in [0.15, 0.2) is 0 Å². The Bertz CT molecular complexity index is 417. The summed E-state index contributed by atoms with van der Waals surface area (Å²) in [4.78, 5) is 13.2. The van der Waals surface area contributed by atoms with E-state index in [1.807, 2.05) is 30.3 Å². The molecule has 20 heavy (non-hydrogen) atoms. The van der Waals surface area contributed by atoms with Crippen LogP contribution in [0.2, 0.25) is 0 Å². The van der Waals surface area contributed by atoms with Crippen molar-refractivity contribution in [3.8, 4) is 5.75 Å². The lowest BCUT2D eigenvalue weighted by Crippen LogP contribution is -2.35. The van der Waals surface area contributed by atoms with Gasteiger partial charge in [-0.25, -0.2) is 0 Å². The maximum atomic E-state index is 10.9. The topological polar surface area (TPSA) is 49.8 Å². The van der Waals surface area contributed by atoms with Gasteiger partial charge in [-0.3, -0.25) is 9.69 Å². The summed E-state index contributed by atoms with van der Waals surface area (Å²) >= 11 is 0. The second-order valence-corrected chi connectivity index (χ2v) is 5.48. The molecule has 0 spiro atoms. The van der Waals surface area contributed by atoms with Crippen LogP contribution in [0.1, 0.15) is 26.2 Å². The molecule has 1 unspecified atom stereocenters. The van der Waals surface area contributed by atoms with Gasteiger partial charge in [0, 0.05) is 19.1 Å².